The number of carbonyl (C=O) groups is 1. The van der Waals surface area contributed by atoms with Crippen LogP contribution in [0.2, 0.25) is 0 Å². The van der Waals surface area contributed by atoms with E-state index in [4.69, 9.17) is 9.72 Å². The van der Waals surface area contributed by atoms with E-state index in [1.165, 1.54) is 0 Å². The Bertz CT molecular complexity index is 1210. The largest absolute Gasteiger partial charge is 0.497 e. The number of rotatable bonds is 7. The summed E-state index contributed by atoms with van der Waals surface area (Å²) >= 11 is 0. The zero-order valence-electron chi connectivity index (χ0n) is 17.8. The minimum absolute atomic E-state index is 0.0392. The Labute approximate surface area is 181 Å². The quantitative estimate of drug-likeness (QED) is 0.466. The summed E-state index contributed by atoms with van der Waals surface area (Å²) < 4.78 is 7.19. The first-order valence-corrected chi connectivity index (χ1v) is 10.1. The van der Waals surface area contributed by atoms with Gasteiger partial charge < -0.3 is 15.4 Å². The monoisotopic (exact) mass is 415 g/mol. The van der Waals surface area contributed by atoms with E-state index in [2.05, 4.69) is 15.6 Å². The van der Waals surface area contributed by atoms with Crippen molar-refractivity contribution >= 4 is 23.1 Å². The lowest BCUT2D eigenvalue weighted by molar-refractivity contribution is -0.115. The fraction of sp³-hybridized carbons (Fsp3) is 0.208. The summed E-state index contributed by atoms with van der Waals surface area (Å²) in [5, 5.41) is 6.39. The molecular formula is C24H25N5O2. The van der Waals surface area contributed by atoms with Crippen LogP contribution in [-0.4, -0.2) is 33.9 Å². The van der Waals surface area contributed by atoms with E-state index < -0.39 is 0 Å². The van der Waals surface area contributed by atoms with E-state index in [1.807, 2.05) is 66.9 Å². The number of aryl methyl sites for hydroxylation is 2. The summed E-state index contributed by atoms with van der Waals surface area (Å²) in [5.41, 5.74) is 5.49. The normalized spacial score (nSPS) is 10.8. The van der Waals surface area contributed by atoms with Crippen LogP contribution in [0.4, 0.5) is 11.5 Å². The third-order valence-corrected chi connectivity index (χ3v) is 5.11. The molecule has 0 aliphatic heterocycles. The predicted molar refractivity (Wildman–Crippen MR) is 123 cm³/mol. The van der Waals surface area contributed by atoms with E-state index in [0.717, 1.165) is 45.3 Å². The van der Waals surface area contributed by atoms with Crippen molar-refractivity contribution in [2.24, 2.45) is 0 Å². The van der Waals surface area contributed by atoms with Gasteiger partial charge in [-0.25, -0.2) is 4.98 Å². The van der Waals surface area contributed by atoms with Gasteiger partial charge in [0.25, 0.3) is 0 Å². The highest BCUT2D eigenvalue weighted by Crippen LogP contribution is 2.29. The van der Waals surface area contributed by atoms with Crippen molar-refractivity contribution in [3.05, 3.63) is 72.2 Å². The second kappa shape index (κ2) is 8.87. The molecule has 0 saturated carbocycles. The van der Waals surface area contributed by atoms with Gasteiger partial charge in [-0.3, -0.25) is 14.2 Å². The molecule has 0 radical (unpaired) electrons. The van der Waals surface area contributed by atoms with Gasteiger partial charge in [-0.15, -0.1) is 0 Å². The standard InChI is InChI=1S/C24H25N5O2/c1-16-4-5-17(2)20(14-16)27-22(30)10-11-26-24-23(18-6-8-19(31-3)9-7-18)28-21-15-25-12-13-29(21)24/h4-9,12-15,26H,10-11H2,1-3H3,(H,27,30). The molecule has 0 aliphatic carbocycles. The zero-order chi connectivity index (χ0) is 21.8. The molecule has 7 nitrogen and oxygen atoms in total. The lowest BCUT2D eigenvalue weighted by Crippen LogP contribution is -2.17. The molecule has 0 spiro atoms. The van der Waals surface area contributed by atoms with Crippen molar-refractivity contribution in [3.8, 4) is 17.0 Å². The first kappa shape index (κ1) is 20.4. The van der Waals surface area contributed by atoms with Crippen LogP contribution in [0.1, 0.15) is 17.5 Å². The van der Waals surface area contributed by atoms with Gasteiger partial charge in [0.05, 0.1) is 13.3 Å². The Morgan fingerprint density at radius 3 is 2.71 bits per heavy atom. The first-order chi connectivity index (χ1) is 15.0. The van der Waals surface area contributed by atoms with Crippen LogP contribution in [0.3, 0.4) is 0 Å². The molecule has 31 heavy (non-hydrogen) atoms. The van der Waals surface area contributed by atoms with Crippen LogP contribution < -0.4 is 15.4 Å². The SMILES string of the molecule is COc1ccc(-c2nc3cnccn3c2NCCC(=O)Nc2cc(C)ccc2C)cc1. The Balaban J connectivity index is 1.51. The highest BCUT2D eigenvalue weighted by Gasteiger charge is 2.15. The molecule has 2 heterocycles. The number of nitrogens with zero attached hydrogens (tertiary/aromatic N) is 3. The second-order valence-corrected chi connectivity index (χ2v) is 7.39. The number of fused-ring (bicyclic) bond motifs is 1. The highest BCUT2D eigenvalue weighted by atomic mass is 16.5. The van der Waals surface area contributed by atoms with Gasteiger partial charge in [-0.05, 0) is 55.3 Å². The maximum atomic E-state index is 12.5. The van der Waals surface area contributed by atoms with Gasteiger partial charge in [0, 0.05) is 36.6 Å². The molecule has 0 fully saturated rings. The average molecular weight is 415 g/mol. The molecule has 2 N–H and O–H groups in total. The van der Waals surface area contributed by atoms with Crippen LogP contribution in [-0.2, 0) is 4.79 Å². The maximum absolute atomic E-state index is 12.5. The van der Waals surface area contributed by atoms with Crippen LogP contribution in [0.5, 0.6) is 5.75 Å². The summed E-state index contributed by atoms with van der Waals surface area (Å²) in [7, 11) is 1.64. The van der Waals surface area contributed by atoms with Crippen molar-refractivity contribution in [3.63, 3.8) is 0 Å². The molecule has 0 bridgehead atoms. The molecule has 2 aromatic heterocycles. The Kier molecular flexibility index (Phi) is 5.84. The smallest absolute Gasteiger partial charge is 0.226 e. The number of hydrogen-bond acceptors (Lipinski definition) is 5. The van der Waals surface area contributed by atoms with E-state index in [9.17, 15) is 4.79 Å². The number of carbonyl (C=O) groups excluding carboxylic acids is 1. The zero-order valence-corrected chi connectivity index (χ0v) is 17.8. The number of imidazole rings is 1. The number of aromatic nitrogens is 3. The molecule has 7 heteroatoms. The van der Waals surface area contributed by atoms with Crippen LogP contribution in [0.25, 0.3) is 16.9 Å². The van der Waals surface area contributed by atoms with Crippen molar-refractivity contribution < 1.29 is 9.53 Å². The van der Waals surface area contributed by atoms with Crippen molar-refractivity contribution in [2.45, 2.75) is 20.3 Å². The lowest BCUT2D eigenvalue weighted by atomic mass is 10.1. The van der Waals surface area contributed by atoms with Gasteiger partial charge in [0.2, 0.25) is 5.91 Å². The first-order valence-electron chi connectivity index (χ1n) is 10.1. The molecule has 4 aromatic rings. The van der Waals surface area contributed by atoms with E-state index in [0.29, 0.717) is 13.0 Å². The Morgan fingerprint density at radius 1 is 1.13 bits per heavy atom. The van der Waals surface area contributed by atoms with E-state index in [1.54, 1.807) is 19.5 Å². The predicted octanol–water partition coefficient (Wildman–Crippen LogP) is 4.46. The van der Waals surface area contributed by atoms with Crippen molar-refractivity contribution in [1.29, 1.82) is 0 Å². The summed E-state index contributed by atoms with van der Waals surface area (Å²) in [6, 6.07) is 13.8. The number of anilines is 2. The third-order valence-electron chi connectivity index (χ3n) is 5.11. The molecule has 2 aromatic carbocycles. The fourth-order valence-corrected chi connectivity index (χ4v) is 3.40. The molecular weight excluding hydrogens is 390 g/mol. The van der Waals surface area contributed by atoms with E-state index >= 15 is 0 Å². The highest BCUT2D eigenvalue weighted by molar-refractivity contribution is 5.92. The summed E-state index contributed by atoms with van der Waals surface area (Å²) in [6.45, 7) is 4.47. The Hall–Kier alpha value is -3.87. The number of ether oxygens (including phenoxy) is 1. The molecule has 4 rings (SSSR count). The van der Waals surface area contributed by atoms with Gasteiger partial charge in [0.15, 0.2) is 5.65 Å². The minimum atomic E-state index is -0.0392. The number of nitrogens with one attached hydrogen (secondary N) is 2. The fourth-order valence-electron chi connectivity index (χ4n) is 3.40. The van der Waals surface area contributed by atoms with Crippen molar-refractivity contribution in [2.75, 3.05) is 24.3 Å². The third kappa shape index (κ3) is 4.50. The molecule has 0 saturated heterocycles. The number of hydrogen-bond donors (Lipinski definition) is 2. The van der Waals surface area contributed by atoms with Gasteiger partial charge in [-0.1, -0.05) is 12.1 Å². The van der Waals surface area contributed by atoms with Crippen LogP contribution in [0, 0.1) is 13.8 Å². The molecule has 158 valence electrons. The van der Waals surface area contributed by atoms with Gasteiger partial charge in [0.1, 0.15) is 17.3 Å². The number of methoxy groups -OCH3 is 1. The van der Waals surface area contributed by atoms with Gasteiger partial charge >= 0.3 is 0 Å². The Morgan fingerprint density at radius 2 is 1.94 bits per heavy atom. The maximum Gasteiger partial charge on any atom is 0.226 e. The summed E-state index contributed by atoms with van der Waals surface area (Å²) in [4.78, 5) is 21.4. The summed E-state index contributed by atoms with van der Waals surface area (Å²) in [5.74, 6) is 1.57. The van der Waals surface area contributed by atoms with Crippen LogP contribution >= 0.6 is 0 Å². The molecule has 0 unspecified atom stereocenters. The molecule has 1 amide bonds. The molecule has 0 atom stereocenters. The summed E-state index contributed by atoms with van der Waals surface area (Å²) in [6.07, 6.45) is 5.61. The molecule has 0 aliphatic rings. The van der Waals surface area contributed by atoms with Gasteiger partial charge in [-0.2, -0.15) is 0 Å². The van der Waals surface area contributed by atoms with E-state index in [-0.39, 0.29) is 5.91 Å². The van der Waals surface area contributed by atoms with Crippen LogP contribution in [0.15, 0.2) is 61.1 Å². The van der Waals surface area contributed by atoms with Crippen molar-refractivity contribution in [1.82, 2.24) is 14.4 Å². The average Bonchev–Trinajstić information content (AvgIpc) is 3.15. The lowest BCUT2D eigenvalue weighted by Gasteiger charge is -2.11. The second-order valence-electron chi connectivity index (χ2n) is 7.39. The number of benzene rings is 2. The minimum Gasteiger partial charge on any atom is -0.497 e. The topological polar surface area (TPSA) is 80.6 Å². The number of amides is 1.